The van der Waals surface area contributed by atoms with Crippen molar-refractivity contribution in [2.75, 3.05) is 44.9 Å². The summed E-state index contributed by atoms with van der Waals surface area (Å²) in [5, 5.41) is 0.594. The number of methoxy groups -OCH3 is 1. The minimum absolute atomic E-state index is 0.0670. The third-order valence-electron chi connectivity index (χ3n) is 4.65. The molecular weight excluding hydrogens is 384 g/mol. The van der Waals surface area contributed by atoms with Crippen molar-refractivity contribution in [2.45, 2.75) is 4.90 Å². The minimum atomic E-state index is -3.64. The van der Waals surface area contributed by atoms with Crippen LogP contribution in [0.3, 0.4) is 0 Å². The average molecular weight is 404 g/mol. The molecule has 28 heavy (non-hydrogen) atoms. The van der Waals surface area contributed by atoms with Crippen LogP contribution in [0.5, 0.6) is 5.75 Å². The molecule has 1 aromatic carbocycles. The van der Waals surface area contributed by atoms with E-state index < -0.39 is 10.0 Å². The van der Waals surface area contributed by atoms with E-state index in [1.807, 2.05) is 0 Å². The zero-order valence-corrected chi connectivity index (χ0v) is 16.0. The molecule has 0 radical (unpaired) electrons. The van der Waals surface area contributed by atoms with Crippen LogP contribution in [-0.2, 0) is 14.8 Å². The van der Waals surface area contributed by atoms with Gasteiger partial charge < -0.3 is 25.9 Å². The molecule has 148 valence electrons. The summed E-state index contributed by atoms with van der Waals surface area (Å²) in [7, 11) is -2.15. The van der Waals surface area contributed by atoms with E-state index in [1.54, 1.807) is 18.3 Å². The first-order valence-electron chi connectivity index (χ1n) is 8.58. The second-order valence-electron chi connectivity index (χ2n) is 6.27. The molecule has 0 unspecified atom stereocenters. The largest absolute Gasteiger partial charge is 0.496 e. The number of sulfonamides is 1. The molecule has 2 aromatic heterocycles. The smallest absolute Gasteiger partial charge is 0.243 e. The van der Waals surface area contributed by atoms with Crippen molar-refractivity contribution in [3.63, 3.8) is 0 Å². The SMILES string of the molecule is COc1cc(S(=O)(=O)N2CCOCC2)ccc1-c1c[nH]c2nc(N)nc(N)c12. The number of nitrogens with zero attached hydrogens (tertiary/aromatic N) is 3. The quantitative estimate of drug-likeness (QED) is 0.578. The first-order chi connectivity index (χ1) is 13.4. The molecule has 0 aliphatic carbocycles. The van der Waals surface area contributed by atoms with Gasteiger partial charge in [-0.05, 0) is 12.1 Å². The summed E-state index contributed by atoms with van der Waals surface area (Å²) < 4.78 is 37.9. The van der Waals surface area contributed by atoms with Gasteiger partial charge in [-0.3, -0.25) is 0 Å². The number of morpholine rings is 1. The Morgan fingerprint density at radius 3 is 2.64 bits per heavy atom. The lowest BCUT2D eigenvalue weighted by atomic mass is 10.1. The summed E-state index contributed by atoms with van der Waals surface area (Å²) in [5.41, 5.74) is 13.5. The van der Waals surface area contributed by atoms with Crippen molar-refractivity contribution in [3.05, 3.63) is 24.4 Å². The lowest BCUT2D eigenvalue weighted by Crippen LogP contribution is -2.40. The molecule has 0 atom stereocenters. The van der Waals surface area contributed by atoms with Crippen molar-refractivity contribution in [3.8, 4) is 16.9 Å². The molecule has 1 fully saturated rings. The number of H-pyrrole nitrogens is 1. The summed E-state index contributed by atoms with van der Waals surface area (Å²) in [6, 6.07) is 4.74. The number of hydrogen-bond acceptors (Lipinski definition) is 8. The molecule has 3 heterocycles. The van der Waals surface area contributed by atoms with Gasteiger partial charge in [0.15, 0.2) is 0 Å². The number of anilines is 2. The maximum absolute atomic E-state index is 12.9. The first kappa shape index (κ1) is 18.5. The Morgan fingerprint density at radius 2 is 1.93 bits per heavy atom. The number of fused-ring (bicyclic) bond motifs is 1. The molecule has 1 aliphatic heterocycles. The second kappa shape index (κ2) is 6.93. The van der Waals surface area contributed by atoms with Crippen LogP contribution >= 0.6 is 0 Å². The van der Waals surface area contributed by atoms with Gasteiger partial charge in [0, 0.05) is 36.5 Å². The predicted octanol–water partition coefficient (Wildman–Crippen LogP) is 0.819. The fraction of sp³-hybridized carbons (Fsp3) is 0.294. The number of hydrogen-bond donors (Lipinski definition) is 3. The highest BCUT2D eigenvalue weighted by molar-refractivity contribution is 7.89. The maximum atomic E-state index is 12.9. The van der Waals surface area contributed by atoms with Crippen LogP contribution < -0.4 is 16.2 Å². The molecule has 0 amide bonds. The monoisotopic (exact) mass is 404 g/mol. The van der Waals surface area contributed by atoms with E-state index >= 15 is 0 Å². The molecule has 1 saturated heterocycles. The van der Waals surface area contributed by atoms with E-state index in [0.717, 1.165) is 0 Å². The van der Waals surface area contributed by atoms with Gasteiger partial charge >= 0.3 is 0 Å². The Kier molecular flexibility index (Phi) is 4.57. The average Bonchev–Trinajstić information content (AvgIpc) is 3.12. The summed E-state index contributed by atoms with van der Waals surface area (Å²) in [4.78, 5) is 11.3. The normalized spacial score (nSPS) is 15.8. The Labute approximate surface area is 161 Å². The predicted molar refractivity (Wildman–Crippen MR) is 104 cm³/mol. The van der Waals surface area contributed by atoms with Crippen LogP contribution in [0.1, 0.15) is 0 Å². The van der Waals surface area contributed by atoms with Gasteiger partial charge in [0.05, 0.1) is 30.6 Å². The van der Waals surface area contributed by atoms with Gasteiger partial charge in [-0.2, -0.15) is 14.3 Å². The van der Waals surface area contributed by atoms with Crippen LogP contribution in [0.4, 0.5) is 11.8 Å². The van der Waals surface area contributed by atoms with Crippen LogP contribution in [0.15, 0.2) is 29.3 Å². The van der Waals surface area contributed by atoms with Crippen molar-refractivity contribution in [1.82, 2.24) is 19.3 Å². The van der Waals surface area contributed by atoms with E-state index in [2.05, 4.69) is 15.0 Å². The van der Waals surface area contributed by atoms with Crippen molar-refractivity contribution in [1.29, 1.82) is 0 Å². The maximum Gasteiger partial charge on any atom is 0.243 e. The molecule has 0 spiro atoms. The van der Waals surface area contributed by atoms with E-state index in [-0.39, 0.29) is 16.7 Å². The number of nitrogens with two attached hydrogens (primary N) is 2. The minimum Gasteiger partial charge on any atom is -0.496 e. The van der Waals surface area contributed by atoms with Gasteiger partial charge in [0.1, 0.15) is 17.2 Å². The summed E-state index contributed by atoms with van der Waals surface area (Å²) in [6.45, 7) is 1.41. The zero-order chi connectivity index (χ0) is 19.9. The first-order valence-corrected chi connectivity index (χ1v) is 10.0. The topological polar surface area (TPSA) is 149 Å². The van der Waals surface area contributed by atoms with E-state index in [9.17, 15) is 8.42 Å². The summed E-state index contributed by atoms with van der Waals surface area (Å²) >= 11 is 0. The van der Waals surface area contributed by atoms with Crippen LogP contribution in [-0.4, -0.2) is 61.1 Å². The summed E-state index contributed by atoms with van der Waals surface area (Å²) in [6.07, 6.45) is 1.71. The fourth-order valence-corrected chi connectivity index (χ4v) is 4.71. The van der Waals surface area contributed by atoms with Crippen molar-refractivity contribution < 1.29 is 17.9 Å². The third-order valence-corrected chi connectivity index (χ3v) is 6.54. The number of aromatic amines is 1. The van der Waals surface area contributed by atoms with Gasteiger partial charge in [0.25, 0.3) is 0 Å². The van der Waals surface area contributed by atoms with Gasteiger partial charge in [-0.1, -0.05) is 0 Å². The van der Waals surface area contributed by atoms with Crippen LogP contribution in [0.2, 0.25) is 0 Å². The van der Waals surface area contributed by atoms with Crippen LogP contribution in [0, 0.1) is 0 Å². The number of rotatable bonds is 4. The van der Waals surface area contributed by atoms with E-state index in [1.165, 1.54) is 17.5 Å². The zero-order valence-electron chi connectivity index (χ0n) is 15.2. The van der Waals surface area contributed by atoms with Gasteiger partial charge in [-0.15, -0.1) is 0 Å². The Hall–Kier alpha value is -2.89. The molecule has 0 bridgehead atoms. The van der Waals surface area contributed by atoms with E-state index in [0.29, 0.717) is 54.2 Å². The molecule has 1 aliphatic rings. The van der Waals surface area contributed by atoms with Gasteiger partial charge in [0.2, 0.25) is 16.0 Å². The number of ether oxygens (including phenoxy) is 2. The highest BCUT2D eigenvalue weighted by atomic mass is 32.2. The molecule has 4 rings (SSSR count). The fourth-order valence-electron chi connectivity index (χ4n) is 3.28. The number of aromatic nitrogens is 3. The standard InChI is InChI=1S/C17H20N6O4S/c1-26-13-8-10(28(24,25)23-4-6-27-7-5-23)2-3-11(13)12-9-20-16-14(12)15(18)21-17(19)22-16/h2-3,8-9H,4-7H2,1H3,(H5,18,19,20,21,22). The van der Waals surface area contributed by atoms with Crippen molar-refractivity contribution in [2.24, 2.45) is 0 Å². The molecule has 5 N–H and O–H groups in total. The molecule has 10 nitrogen and oxygen atoms in total. The highest BCUT2D eigenvalue weighted by Crippen LogP contribution is 2.38. The Bertz CT molecular complexity index is 1140. The van der Waals surface area contributed by atoms with Crippen molar-refractivity contribution >= 4 is 32.8 Å². The number of nitrogens with one attached hydrogen (secondary N) is 1. The highest BCUT2D eigenvalue weighted by Gasteiger charge is 2.27. The molecule has 3 aromatic rings. The van der Waals surface area contributed by atoms with Crippen LogP contribution in [0.25, 0.3) is 22.2 Å². The van der Waals surface area contributed by atoms with Gasteiger partial charge in [-0.25, -0.2) is 8.42 Å². The molecule has 0 saturated carbocycles. The number of benzene rings is 1. The number of nitrogen functional groups attached to an aromatic ring is 2. The molecule has 11 heteroatoms. The Balaban J connectivity index is 1.80. The molecular formula is C17H20N6O4S. The lowest BCUT2D eigenvalue weighted by molar-refractivity contribution is 0.0730. The third kappa shape index (κ3) is 3.03. The lowest BCUT2D eigenvalue weighted by Gasteiger charge is -2.26. The second-order valence-corrected chi connectivity index (χ2v) is 8.21. The Morgan fingerprint density at radius 1 is 1.18 bits per heavy atom. The summed E-state index contributed by atoms with van der Waals surface area (Å²) in [5.74, 6) is 0.689. The van der Waals surface area contributed by atoms with E-state index in [4.69, 9.17) is 20.9 Å².